The highest BCUT2D eigenvalue weighted by atomic mass is 35.5. The molecule has 0 amide bonds. The molecular weight excluding hydrogens is 296 g/mol. The zero-order chi connectivity index (χ0) is 14.9. The number of benzene rings is 1. The smallest absolute Gasteiger partial charge is 0.142 e. The zero-order valence-electron chi connectivity index (χ0n) is 12.3. The van der Waals surface area contributed by atoms with Crippen molar-refractivity contribution < 1.29 is 4.39 Å². The molecule has 3 unspecified atom stereocenters. The molecule has 0 radical (unpaired) electrons. The first-order chi connectivity index (χ1) is 9.43. The van der Waals surface area contributed by atoms with Gasteiger partial charge in [-0.3, -0.25) is 0 Å². The molecule has 1 aliphatic rings. The second-order valence-electron chi connectivity index (χ2n) is 5.94. The molecule has 1 nitrogen and oxygen atoms in total. The molecule has 0 saturated heterocycles. The maximum atomic E-state index is 13.7. The molecule has 1 aromatic carbocycles. The van der Waals surface area contributed by atoms with Crippen molar-refractivity contribution >= 4 is 23.2 Å². The van der Waals surface area contributed by atoms with Crippen molar-refractivity contribution in [3.05, 3.63) is 33.6 Å². The van der Waals surface area contributed by atoms with Crippen LogP contribution in [0.3, 0.4) is 0 Å². The van der Waals surface area contributed by atoms with E-state index in [0.29, 0.717) is 17.0 Å². The third kappa shape index (κ3) is 2.70. The van der Waals surface area contributed by atoms with Crippen molar-refractivity contribution in [2.45, 2.75) is 52.0 Å². The molecule has 2 rings (SSSR count). The van der Waals surface area contributed by atoms with Crippen molar-refractivity contribution in [2.24, 2.45) is 5.41 Å². The van der Waals surface area contributed by atoms with Gasteiger partial charge in [-0.15, -0.1) is 0 Å². The van der Waals surface area contributed by atoms with Crippen molar-refractivity contribution in [2.75, 3.05) is 6.54 Å². The summed E-state index contributed by atoms with van der Waals surface area (Å²) in [7, 11) is 0. The van der Waals surface area contributed by atoms with Gasteiger partial charge in [0.25, 0.3) is 0 Å². The van der Waals surface area contributed by atoms with Gasteiger partial charge in [0, 0.05) is 11.1 Å². The molecule has 0 aliphatic heterocycles. The molecule has 0 aromatic heterocycles. The summed E-state index contributed by atoms with van der Waals surface area (Å²) in [5.41, 5.74) is 1.02. The molecule has 0 heterocycles. The SMILES string of the molecule is CCCNC1CC(c2cc(F)c(Cl)cc2Cl)C1(C)CC. The monoisotopic (exact) mass is 317 g/mol. The van der Waals surface area contributed by atoms with Crippen molar-refractivity contribution in [3.8, 4) is 0 Å². The minimum Gasteiger partial charge on any atom is -0.313 e. The minimum atomic E-state index is -0.380. The highest BCUT2D eigenvalue weighted by molar-refractivity contribution is 6.35. The van der Waals surface area contributed by atoms with Gasteiger partial charge in [-0.25, -0.2) is 4.39 Å². The lowest BCUT2D eigenvalue weighted by Crippen LogP contribution is -2.57. The summed E-state index contributed by atoms with van der Waals surface area (Å²) in [5, 5.41) is 4.27. The van der Waals surface area contributed by atoms with Gasteiger partial charge in [0.15, 0.2) is 0 Å². The van der Waals surface area contributed by atoms with Crippen LogP contribution in [0.1, 0.15) is 51.5 Å². The van der Waals surface area contributed by atoms with Gasteiger partial charge in [0.2, 0.25) is 0 Å². The fraction of sp³-hybridized carbons (Fsp3) is 0.625. The number of rotatable bonds is 5. The first-order valence-corrected chi connectivity index (χ1v) is 8.07. The van der Waals surface area contributed by atoms with E-state index in [9.17, 15) is 4.39 Å². The quantitative estimate of drug-likeness (QED) is 0.716. The lowest BCUT2D eigenvalue weighted by atomic mass is 9.54. The Balaban J connectivity index is 2.24. The molecule has 1 fully saturated rings. The Labute approximate surface area is 130 Å². The number of nitrogens with one attached hydrogen (secondary N) is 1. The van der Waals surface area contributed by atoms with Gasteiger partial charge in [-0.05, 0) is 54.8 Å². The van der Waals surface area contributed by atoms with E-state index in [0.717, 1.165) is 31.4 Å². The Morgan fingerprint density at radius 1 is 1.30 bits per heavy atom. The van der Waals surface area contributed by atoms with Crippen LogP contribution in [0.5, 0.6) is 0 Å². The van der Waals surface area contributed by atoms with E-state index in [1.807, 2.05) is 0 Å². The zero-order valence-corrected chi connectivity index (χ0v) is 13.8. The third-order valence-electron chi connectivity index (χ3n) is 4.88. The van der Waals surface area contributed by atoms with Gasteiger partial charge in [0.05, 0.1) is 5.02 Å². The van der Waals surface area contributed by atoms with E-state index in [2.05, 4.69) is 26.1 Å². The summed E-state index contributed by atoms with van der Waals surface area (Å²) in [6.45, 7) is 7.64. The van der Waals surface area contributed by atoms with Crippen LogP contribution in [-0.4, -0.2) is 12.6 Å². The van der Waals surface area contributed by atoms with Crippen molar-refractivity contribution in [1.29, 1.82) is 0 Å². The second-order valence-corrected chi connectivity index (χ2v) is 6.76. The van der Waals surface area contributed by atoms with E-state index in [4.69, 9.17) is 23.2 Å². The average molecular weight is 318 g/mol. The molecule has 0 spiro atoms. The Bertz CT molecular complexity index is 492. The molecule has 1 aliphatic carbocycles. The van der Waals surface area contributed by atoms with Crippen LogP contribution in [0.2, 0.25) is 10.0 Å². The Kier molecular flexibility index (Phi) is 4.99. The van der Waals surface area contributed by atoms with Crippen LogP contribution >= 0.6 is 23.2 Å². The minimum absolute atomic E-state index is 0.0944. The molecule has 4 heteroatoms. The van der Waals surface area contributed by atoms with Gasteiger partial charge in [-0.2, -0.15) is 0 Å². The lowest BCUT2D eigenvalue weighted by molar-refractivity contribution is 0.0444. The Morgan fingerprint density at radius 3 is 2.60 bits per heavy atom. The van der Waals surface area contributed by atoms with Crippen LogP contribution < -0.4 is 5.32 Å². The Hall–Kier alpha value is -0.310. The van der Waals surface area contributed by atoms with Crippen LogP contribution in [0, 0.1) is 11.2 Å². The lowest BCUT2D eigenvalue weighted by Gasteiger charge is -2.55. The summed E-state index contributed by atoms with van der Waals surface area (Å²) in [6.07, 6.45) is 3.17. The van der Waals surface area contributed by atoms with Gasteiger partial charge < -0.3 is 5.32 Å². The first-order valence-electron chi connectivity index (χ1n) is 7.31. The van der Waals surface area contributed by atoms with E-state index < -0.39 is 0 Å². The van der Waals surface area contributed by atoms with E-state index in [-0.39, 0.29) is 16.3 Å². The second kappa shape index (κ2) is 6.21. The van der Waals surface area contributed by atoms with Crippen LogP contribution in [0.4, 0.5) is 4.39 Å². The largest absolute Gasteiger partial charge is 0.313 e. The number of hydrogen-bond donors (Lipinski definition) is 1. The van der Waals surface area contributed by atoms with Crippen LogP contribution in [0.25, 0.3) is 0 Å². The average Bonchev–Trinajstić information content (AvgIpc) is 2.42. The summed E-state index contributed by atoms with van der Waals surface area (Å²) in [5.74, 6) is -0.0874. The molecule has 1 aromatic rings. The molecular formula is C16H22Cl2FN. The van der Waals surface area contributed by atoms with E-state index >= 15 is 0 Å². The van der Waals surface area contributed by atoms with E-state index in [1.165, 1.54) is 12.1 Å². The fourth-order valence-electron chi connectivity index (χ4n) is 3.27. The number of hydrogen-bond acceptors (Lipinski definition) is 1. The Morgan fingerprint density at radius 2 is 2.00 bits per heavy atom. The first kappa shape index (κ1) is 16.1. The standard InChI is InChI=1S/C16H22Cl2FN/c1-4-6-20-15-8-11(16(15,3)5-2)10-7-14(19)13(18)9-12(10)17/h7,9,11,15,20H,4-6,8H2,1-3H3. The fourth-order valence-corrected chi connectivity index (χ4v) is 3.79. The summed E-state index contributed by atoms with van der Waals surface area (Å²) >= 11 is 12.1. The normalized spacial score (nSPS) is 29.3. The summed E-state index contributed by atoms with van der Waals surface area (Å²) < 4.78 is 13.7. The molecule has 1 saturated carbocycles. The van der Waals surface area contributed by atoms with Crippen LogP contribution in [-0.2, 0) is 0 Å². The molecule has 0 bridgehead atoms. The molecule has 20 heavy (non-hydrogen) atoms. The topological polar surface area (TPSA) is 12.0 Å². The highest BCUT2D eigenvalue weighted by Gasteiger charge is 2.51. The van der Waals surface area contributed by atoms with Gasteiger partial charge >= 0.3 is 0 Å². The van der Waals surface area contributed by atoms with Crippen LogP contribution in [0.15, 0.2) is 12.1 Å². The van der Waals surface area contributed by atoms with Gasteiger partial charge in [0.1, 0.15) is 5.82 Å². The summed E-state index contributed by atoms with van der Waals surface area (Å²) in [4.78, 5) is 0. The van der Waals surface area contributed by atoms with Crippen molar-refractivity contribution in [3.63, 3.8) is 0 Å². The maximum absolute atomic E-state index is 13.7. The summed E-state index contributed by atoms with van der Waals surface area (Å²) in [6, 6.07) is 3.52. The van der Waals surface area contributed by atoms with Crippen molar-refractivity contribution in [1.82, 2.24) is 5.32 Å². The predicted octanol–water partition coefficient (Wildman–Crippen LogP) is 5.40. The third-order valence-corrected chi connectivity index (χ3v) is 5.50. The van der Waals surface area contributed by atoms with Gasteiger partial charge in [-0.1, -0.05) is 44.0 Å². The predicted molar refractivity (Wildman–Crippen MR) is 84.3 cm³/mol. The maximum Gasteiger partial charge on any atom is 0.142 e. The highest BCUT2D eigenvalue weighted by Crippen LogP contribution is 2.56. The van der Waals surface area contributed by atoms with E-state index in [1.54, 1.807) is 0 Å². The molecule has 3 atom stereocenters. The molecule has 1 N–H and O–H groups in total. The number of halogens is 3. The molecule has 112 valence electrons.